The Kier molecular flexibility index (Phi) is 9.79. The molecule has 2 saturated heterocycles. The molecule has 0 bridgehead atoms. The van der Waals surface area contributed by atoms with Crippen LogP contribution < -0.4 is 25.4 Å². The topological polar surface area (TPSA) is 168 Å². The molecule has 4 N–H and O–H groups in total. The minimum Gasteiger partial charge on any atom is -0.497 e. The van der Waals surface area contributed by atoms with Crippen molar-refractivity contribution in [2.45, 2.75) is 75.3 Å². The number of likely N-dealkylation sites (tertiary alicyclic amines) is 1. The van der Waals surface area contributed by atoms with Crippen molar-refractivity contribution >= 4 is 34.7 Å². The fourth-order valence-corrected chi connectivity index (χ4v) is 8.04. The molecule has 2 aliphatic carbocycles. The second-order valence-corrected chi connectivity index (χ2v) is 15.1. The van der Waals surface area contributed by atoms with Gasteiger partial charge in [-0.3, -0.25) is 9.59 Å². The molecule has 13 nitrogen and oxygen atoms in total. The van der Waals surface area contributed by atoms with Crippen molar-refractivity contribution in [1.82, 2.24) is 25.8 Å². The number of aromatic nitrogens is 1. The van der Waals surface area contributed by atoms with Gasteiger partial charge in [-0.1, -0.05) is 50.3 Å². The minimum atomic E-state index is -1.47. The zero-order valence-electron chi connectivity index (χ0n) is 30.3. The number of benzene rings is 2. The maximum atomic E-state index is 14.3. The summed E-state index contributed by atoms with van der Waals surface area (Å²) < 4.78 is 17.7. The molecular formula is C40H47N5O8. The van der Waals surface area contributed by atoms with Gasteiger partial charge < -0.3 is 40.2 Å². The van der Waals surface area contributed by atoms with E-state index in [0.29, 0.717) is 42.2 Å². The molecule has 0 radical (unpaired) electrons. The van der Waals surface area contributed by atoms with Crippen LogP contribution >= 0.6 is 0 Å². The number of nitrogens with one attached hydrogen (secondary N) is 3. The number of carboxylic acid groups (broad SMARTS) is 1. The number of aliphatic carboxylic acids is 1. The van der Waals surface area contributed by atoms with Crippen LogP contribution in [0.25, 0.3) is 22.2 Å². The van der Waals surface area contributed by atoms with Crippen LogP contribution in [0, 0.1) is 17.8 Å². The van der Waals surface area contributed by atoms with E-state index < -0.39 is 53.2 Å². The van der Waals surface area contributed by atoms with Crippen molar-refractivity contribution < 1.29 is 38.5 Å². The summed E-state index contributed by atoms with van der Waals surface area (Å²) in [5.41, 5.74) is 0.0228. The smallest absolute Gasteiger partial charge is 0.330 e. The third kappa shape index (κ3) is 7.14. The Morgan fingerprint density at radius 1 is 1.09 bits per heavy atom. The molecule has 7 atom stereocenters. The lowest BCUT2D eigenvalue weighted by Gasteiger charge is -2.29. The molecule has 3 heterocycles. The van der Waals surface area contributed by atoms with E-state index in [1.807, 2.05) is 54.6 Å². The lowest BCUT2D eigenvalue weighted by atomic mass is 10.0. The molecule has 2 aromatic carbocycles. The normalized spacial score (nSPS) is 28.7. The average molecular weight is 726 g/mol. The van der Waals surface area contributed by atoms with E-state index in [1.165, 1.54) is 11.0 Å². The largest absolute Gasteiger partial charge is 0.497 e. The van der Waals surface area contributed by atoms with Crippen molar-refractivity contribution in [3.05, 3.63) is 67.3 Å². The van der Waals surface area contributed by atoms with Crippen molar-refractivity contribution in [2.24, 2.45) is 17.8 Å². The molecule has 2 saturated carbocycles. The molecule has 280 valence electrons. The zero-order valence-corrected chi connectivity index (χ0v) is 30.3. The highest BCUT2D eigenvalue weighted by molar-refractivity contribution is 5.95. The SMILES string of the molecule is C=C[C@@H]1C[C@]1(NC(=O)[C@@H]1C[C@@H](Oc2cc(-c3ccccc3)nc3cc(OC)ccc23)CN1C(=O)NC1(CNC(=O)C2CCCO2)C[C@H]1C(C)C)C(=O)O. The van der Waals surface area contributed by atoms with Crippen LogP contribution in [-0.2, 0) is 19.1 Å². The van der Waals surface area contributed by atoms with E-state index in [9.17, 15) is 24.3 Å². The van der Waals surface area contributed by atoms with E-state index in [0.717, 1.165) is 17.4 Å². The molecule has 7 rings (SSSR count). The number of hydrogen-bond donors (Lipinski definition) is 4. The summed E-state index contributed by atoms with van der Waals surface area (Å²) in [7, 11) is 1.59. The van der Waals surface area contributed by atoms with Gasteiger partial charge in [0.2, 0.25) is 11.8 Å². The Labute approximate surface area is 308 Å². The van der Waals surface area contributed by atoms with E-state index in [-0.39, 0.29) is 43.7 Å². The molecular weight excluding hydrogens is 678 g/mol. The molecule has 2 unspecified atom stereocenters. The number of amides is 4. The summed E-state index contributed by atoms with van der Waals surface area (Å²) in [6.07, 6.45) is 2.87. The summed E-state index contributed by atoms with van der Waals surface area (Å²) >= 11 is 0. The van der Waals surface area contributed by atoms with Crippen molar-refractivity contribution in [1.29, 1.82) is 0 Å². The monoisotopic (exact) mass is 725 g/mol. The van der Waals surface area contributed by atoms with Gasteiger partial charge in [0.15, 0.2) is 0 Å². The molecule has 53 heavy (non-hydrogen) atoms. The number of urea groups is 1. The number of hydrogen-bond acceptors (Lipinski definition) is 8. The molecule has 0 spiro atoms. The molecule has 1 aromatic heterocycles. The van der Waals surface area contributed by atoms with Gasteiger partial charge in [-0.05, 0) is 49.7 Å². The first-order valence-electron chi connectivity index (χ1n) is 18.3. The Morgan fingerprint density at radius 2 is 1.89 bits per heavy atom. The van der Waals surface area contributed by atoms with E-state index >= 15 is 0 Å². The van der Waals surface area contributed by atoms with Gasteiger partial charge in [-0.25, -0.2) is 14.6 Å². The first-order valence-corrected chi connectivity index (χ1v) is 18.3. The molecule has 2 aliphatic heterocycles. The Hall–Kier alpha value is -5.17. The highest BCUT2D eigenvalue weighted by atomic mass is 16.5. The van der Waals surface area contributed by atoms with Gasteiger partial charge >= 0.3 is 12.0 Å². The Morgan fingerprint density at radius 3 is 2.53 bits per heavy atom. The van der Waals surface area contributed by atoms with Crippen molar-refractivity contribution in [3.63, 3.8) is 0 Å². The summed E-state index contributed by atoms with van der Waals surface area (Å²) in [5.74, 6) is -0.874. The number of nitrogens with zero attached hydrogens (tertiary/aromatic N) is 2. The van der Waals surface area contributed by atoms with Crippen LogP contribution in [0.1, 0.15) is 46.0 Å². The molecule has 4 amide bonds. The summed E-state index contributed by atoms with van der Waals surface area (Å²) in [5, 5.41) is 19.7. The van der Waals surface area contributed by atoms with Gasteiger partial charge in [0.05, 0.1) is 30.4 Å². The molecule has 13 heteroatoms. The standard InChI is InChI=1S/C40H47N5O8/c1-5-25-19-40(25,37(48)49)43-35(46)32-17-27(53-34-18-30(24-10-7-6-8-11-24)42-31-16-26(51-4)13-14-28(31)34)21-45(32)38(50)44-39(20-29(39)23(2)3)22-41-36(47)33-12-9-15-52-33/h5-8,10-11,13-14,16,18,23,25,27,29,32-33H,1,9,12,15,17,19-22H2,2-4H3,(H,41,47)(H,43,46)(H,44,50)(H,48,49)/t25-,27-,29+,32+,33?,39?,40-/m1/s1. The van der Waals surface area contributed by atoms with Crippen molar-refractivity contribution in [2.75, 3.05) is 26.8 Å². The third-order valence-corrected chi connectivity index (χ3v) is 11.3. The second kappa shape index (κ2) is 14.3. The Balaban J connectivity index is 1.16. The Bertz CT molecular complexity index is 1920. The maximum absolute atomic E-state index is 14.3. The summed E-state index contributed by atoms with van der Waals surface area (Å²) in [6.45, 7) is 8.71. The van der Waals surface area contributed by atoms with Crippen LogP contribution in [0.2, 0.25) is 0 Å². The van der Waals surface area contributed by atoms with Crippen LogP contribution in [0.5, 0.6) is 11.5 Å². The summed E-state index contributed by atoms with van der Waals surface area (Å²) in [6, 6.07) is 15.5. The maximum Gasteiger partial charge on any atom is 0.330 e. The van der Waals surface area contributed by atoms with Crippen LogP contribution in [-0.4, -0.2) is 94.9 Å². The molecule has 3 aromatic rings. The van der Waals surface area contributed by atoms with Crippen LogP contribution in [0.15, 0.2) is 67.3 Å². The highest BCUT2D eigenvalue weighted by Crippen LogP contribution is 2.49. The van der Waals surface area contributed by atoms with Gasteiger partial charge in [0.1, 0.15) is 35.3 Å². The number of pyridine rings is 1. The van der Waals surface area contributed by atoms with E-state index in [4.69, 9.17) is 19.2 Å². The number of carbonyl (C=O) groups is 4. The van der Waals surface area contributed by atoms with Gasteiger partial charge in [0, 0.05) is 48.6 Å². The molecule has 4 aliphatic rings. The third-order valence-electron chi connectivity index (χ3n) is 11.3. The van der Waals surface area contributed by atoms with Gasteiger partial charge in [-0.2, -0.15) is 0 Å². The number of carbonyl (C=O) groups excluding carboxylic acids is 3. The van der Waals surface area contributed by atoms with E-state index in [1.54, 1.807) is 7.11 Å². The number of fused-ring (bicyclic) bond motifs is 1. The van der Waals surface area contributed by atoms with Crippen molar-refractivity contribution in [3.8, 4) is 22.8 Å². The zero-order chi connectivity index (χ0) is 37.5. The predicted molar refractivity (Wildman–Crippen MR) is 196 cm³/mol. The first-order chi connectivity index (χ1) is 25.5. The quantitative estimate of drug-likeness (QED) is 0.188. The van der Waals surface area contributed by atoms with Gasteiger partial charge in [0.25, 0.3) is 0 Å². The average Bonchev–Trinajstić information content (AvgIpc) is 3.87. The molecule has 4 fully saturated rings. The fourth-order valence-electron chi connectivity index (χ4n) is 8.04. The fraction of sp³-hybridized carbons (Fsp3) is 0.475. The lowest BCUT2D eigenvalue weighted by molar-refractivity contribution is -0.144. The predicted octanol–water partition coefficient (Wildman–Crippen LogP) is 4.30. The van der Waals surface area contributed by atoms with Crippen LogP contribution in [0.4, 0.5) is 4.79 Å². The second-order valence-electron chi connectivity index (χ2n) is 15.1. The number of methoxy groups -OCH3 is 1. The van der Waals surface area contributed by atoms with E-state index in [2.05, 4.69) is 36.4 Å². The minimum absolute atomic E-state index is 0.0558. The number of rotatable bonds is 13. The van der Waals surface area contributed by atoms with Gasteiger partial charge in [-0.15, -0.1) is 6.58 Å². The highest BCUT2D eigenvalue weighted by Gasteiger charge is 2.62. The first kappa shape index (κ1) is 36.2. The van der Waals surface area contributed by atoms with Crippen LogP contribution in [0.3, 0.4) is 0 Å². The number of ether oxygens (including phenoxy) is 3. The lowest BCUT2D eigenvalue weighted by Crippen LogP contribution is -2.57. The summed E-state index contributed by atoms with van der Waals surface area (Å²) in [4.78, 5) is 59.9. The number of carboxylic acids is 1.